The third kappa shape index (κ3) is 4.21. The van der Waals surface area contributed by atoms with Crippen molar-refractivity contribution in [1.29, 1.82) is 0 Å². The van der Waals surface area contributed by atoms with Crippen LogP contribution in [-0.2, 0) is 16.6 Å². The zero-order valence-electron chi connectivity index (χ0n) is 11.7. The number of aromatic nitrogens is 2. The van der Waals surface area contributed by atoms with E-state index in [0.29, 0.717) is 23.9 Å². The Morgan fingerprint density at radius 3 is 3.10 bits per heavy atom. The maximum Gasteiger partial charge on any atom is 0.257 e. The van der Waals surface area contributed by atoms with Gasteiger partial charge in [0.15, 0.2) is 5.03 Å². The SMILES string of the molecule is CCCNCc1cn[nH]c1S(=O)(=O)NCC1CCCS1. The molecule has 1 fully saturated rings. The second kappa shape index (κ2) is 7.44. The van der Waals surface area contributed by atoms with E-state index in [-0.39, 0.29) is 5.03 Å². The predicted octanol–water partition coefficient (Wildman–Crippen LogP) is 1.08. The van der Waals surface area contributed by atoms with E-state index in [0.717, 1.165) is 25.1 Å². The molecule has 0 amide bonds. The maximum absolute atomic E-state index is 12.3. The smallest absolute Gasteiger partial charge is 0.257 e. The quantitative estimate of drug-likeness (QED) is 0.625. The van der Waals surface area contributed by atoms with E-state index in [1.807, 2.05) is 11.8 Å². The number of sulfonamides is 1. The Labute approximate surface area is 124 Å². The highest BCUT2D eigenvalue weighted by molar-refractivity contribution is 8.00. The van der Waals surface area contributed by atoms with Crippen LogP contribution in [-0.4, -0.2) is 42.7 Å². The minimum Gasteiger partial charge on any atom is -0.313 e. The molecule has 6 nitrogen and oxygen atoms in total. The van der Waals surface area contributed by atoms with Crippen LogP contribution < -0.4 is 10.0 Å². The highest BCUT2D eigenvalue weighted by atomic mass is 32.2. The second-order valence-corrected chi connectivity index (χ2v) is 8.00. The summed E-state index contributed by atoms with van der Waals surface area (Å²) in [6, 6.07) is 0. The molecule has 1 unspecified atom stereocenters. The summed E-state index contributed by atoms with van der Waals surface area (Å²) in [5.74, 6) is 1.13. The zero-order valence-corrected chi connectivity index (χ0v) is 13.3. The van der Waals surface area contributed by atoms with E-state index in [9.17, 15) is 8.42 Å². The van der Waals surface area contributed by atoms with Gasteiger partial charge in [0.05, 0.1) is 6.20 Å². The summed E-state index contributed by atoms with van der Waals surface area (Å²) in [6.45, 7) is 3.93. The van der Waals surface area contributed by atoms with Crippen LogP contribution in [0.5, 0.6) is 0 Å². The van der Waals surface area contributed by atoms with Gasteiger partial charge in [0.1, 0.15) is 0 Å². The van der Waals surface area contributed by atoms with Crippen LogP contribution in [0.15, 0.2) is 11.2 Å². The molecule has 3 N–H and O–H groups in total. The monoisotopic (exact) mass is 318 g/mol. The summed E-state index contributed by atoms with van der Waals surface area (Å²) in [4.78, 5) is 0. The number of aromatic amines is 1. The third-order valence-corrected chi connectivity index (χ3v) is 6.05. The molecule has 1 aromatic rings. The first-order valence-corrected chi connectivity index (χ1v) is 9.51. The van der Waals surface area contributed by atoms with Crippen molar-refractivity contribution in [3.05, 3.63) is 11.8 Å². The van der Waals surface area contributed by atoms with Crippen LogP contribution in [0.2, 0.25) is 0 Å². The molecule has 0 aliphatic carbocycles. The van der Waals surface area contributed by atoms with Crippen LogP contribution in [0.3, 0.4) is 0 Å². The van der Waals surface area contributed by atoms with Gasteiger partial charge < -0.3 is 5.32 Å². The molecule has 1 aromatic heterocycles. The van der Waals surface area contributed by atoms with Crippen molar-refractivity contribution >= 4 is 21.8 Å². The lowest BCUT2D eigenvalue weighted by Crippen LogP contribution is -2.31. The minimum atomic E-state index is -3.49. The van der Waals surface area contributed by atoms with E-state index >= 15 is 0 Å². The van der Waals surface area contributed by atoms with Gasteiger partial charge in [-0.3, -0.25) is 5.10 Å². The Balaban J connectivity index is 1.95. The molecule has 114 valence electrons. The highest BCUT2D eigenvalue weighted by Crippen LogP contribution is 2.25. The van der Waals surface area contributed by atoms with Crippen molar-refractivity contribution in [2.45, 2.75) is 43.0 Å². The lowest BCUT2D eigenvalue weighted by molar-refractivity contribution is 0.571. The normalized spacial score (nSPS) is 19.6. The van der Waals surface area contributed by atoms with Gasteiger partial charge in [-0.15, -0.1) is 0 Å². The molecular weight excluding hydrogens is 296 g/mol. The fourth-order valence-corrected chi connectivity index (χ4v) is 4.65. The molecule has 0 spiro atoms. The van der Waals surface area contributed by atoms with Crippen molar-refractivity contribution < 1.29 is 8.42 Å². The molecule has 2 heterocycles. The number of H-pyrrole nitrogens is 1. The van der Waals surface area contributed by atoms with Crippen molar-refractivity contribution in [2.24, 2.45) is 0 Å². The van der Waals surface area contributed by atoms with Crippen molar-refractivity contribution in [3.63, 3.8) is 0 Å². The van der Waals surface area contributed by atoms with E-state index < -0.39 is 10.0 Å². The average Bonchev–Trinajstić information content (AvgIpc) is 3.08. The molecule has 2 rings (SSSR count). The summed E-state index contributed by atoms with van der Waals surface area (Å²) in [5, 5.41) is 10.2. The van der Waals surface area contributed by atoms with Crippen molar-refractivity contribution in [1.82, 2.24) is 20.2 Å². The molecule has 0 aromatic carbocycles. The summed E-state index contributed by atoms with van der Waals surface area (Å²) in [6.07, 6.45) is 4.84. The van der Waals surface area contributed by atoms with E-state index in [1.54, 1.807) is 6.20 Å². The first-order chi connectivity index (χ1) is 9.63. The Hall–Kier alpha value is -0.570. The fraction of sp³-hybridized carbons (Fsp3) is 0.750. The van der Waals surface area contributed by atoms with Gasteiger partial charge in [0.25, 0.3) is 10.0 Å². The molecule has 0 radical (unpaired) electrons. The standard InChI is InChI=1S/C12H22N4O2S2/c1-2-5-13-7-10-8-14-16-12(10)20(17,18)15-9-11-4-3-6-19-11/h8,11,13,15H,2-7,9H2,1H3,(H,14,16). The number of thioether (sulfide) groups is 1. The molecule has 1 atom stereocenters. The van der Waals surface area contributed by atoms with Gasteiger partial charge in [-0.05, 0) is 31.6 Å². The molecule has 1 aliphatic heterocycles. The Morgan fingerprint density at radius 2 is 2.40 bits per heavy atom. The first kappa shape index (κ1) is 15.8. The Morgan fingerprint density at radius 1 is 1.55 bits per heavy atom. The largest absolute Gasteiger partial charge is 0.313 e. The van der Waals surface area contributed by atoms with Crippen LogP contribution in [0.1, 0.15) is 31.7 Å². The number of nitrogens with one attached hydrogen (secondary N) is 3. The van der Waals surface area contributed by atoms with Crippen LogP contribution >= 0.6 is 11.8 Å². The predicted molar refractivity (Wildman–Crippen MR) is 81.3 cm³/mol. The minimum absolute atomic E-state index is 0.184. The topological polar surface area (TPSA) is 86.9 Å². The molecule has 20 heavy (non-hydrogen) atoms. The molecular formula is C12H22N4O2S2. The maximum atomic E-state index is 12.3. The lowest BCUT2D eigenvalue weighted by Gasteiger charge is -2.11. The molecule has 0 bridgehead atoms. The summed E-state index contributed by atoms with van der Waals surface area (Å²) < 4.78 is 27.3. The fourth-order valence-electron chi connectivity index (χ4n) is 2.14. The van der Waals surface area contributed by atoms with E-state index in [2.05, 4.69) is 27.2 Å². The van der Waals surface area contributed by atoms with Gasteiger partial charge >= 0.3 is 0 Å². The number of rotatable bonds is 8. The first-order valence-electron chi connectivity index (χ1n) is 6.97. The molecule has 1 saturated heterocycles. The summed E-state index contributed by atoms with van der Waals surface area (Å²) >= 11 is 1.84. The number of nitrogens with zero attached hydrogens (tertiary/aromatic N) is 1. The number of hydrogen-bond acceptors (Lipinski definition) is 5. The Kier molecular flexibility index (Phi) is 5.88. The highest BCUT2D eigenvalue weighted by Gasteiger charge is 2.23. The van der Waals surface area contributed by atoms with Crippen molar-refractivity contribution in [3.8, 4) is 0 Å². The van der Waals surface area contributed by atoms with E-state index in [1.165, 1.54) is 6.42 Å². The summed E-state index contributed by atoms with van der Waals surface area (Å²) in [5.41, 5.74) is 0.685. The van der Waals surface area contributed by atoms with Gasteiger partial charge in [-0.2, -0.15) is 16.9 Å². The average molecular weight is 318 g/mol. The third-order valence-electron chi connectivity index (χ3n) is 3.21. The molecule has 0 saturated carbocycles. The van der Waals surface area contributed by atoms with Gasteiger partial charge in [-0.25, -0.2) is 13.1 Å². The van der Waals surface area contributed by atoms with Gasteiger partial charge in [-0.1, -0.05) is 6.92 Å². The molecule has 8 heteroatoms. The Bertz CT molecular complexity index is 509. The van der Waals surface area contributed by atoms with Crippen LogP contribution in [0, 0.1) is 0 Å². The van der Waals surface area contributed by atoms with E-state index in [4.69, 9.17) is 0 Å². The van der Waals surface area contributed by atoms with Crippen LogP contribution in [0.4, 0.5) is 0 Å². The molecule has 1 aliphatic rings. The number of hydrogen-bond donors (Lipinski definition) is 3. The van der Waals surface area contributed by atoms with Gasteiger partial charge in [0.2, 0.25) is 0 Å². The van der Waals surface area contributed by atoms with Crippen LogP contribution in [0.25, 0.3) is 0 Å². The summed E-state index contributed by atoms with van der Waals surface area (Å²) in [7, 11) is -3.49. The second-order valence-electron chi connectivity index (χ2n) is 4.89. The zero-order chi connectivity index (χ0) is 14.4. The van der Waals surface area contributed by atoms with Crippen molar-refractivity contribution in [2.75, 3.05) is 18.8 Å². The van der Waals surface area contributed by atoms with Gasteiger partial charge in [0, 0.05) is 23.9 Å². The lowest BCUT2D eigenvalue weighted by atomic mass is 10.2.